The Morgan fingerprint density at radius 2 is 2.10 bits per heavy atom. The molecule has 0 saturated heterocycles. The summed E-state index contributed by atoms with van der Waals surface area (Å²) in [6.07, 6.45) is 1.07. The molecule has 1 heterocycles. The molecule has 1 amide bonds. The molecule has 0 fully saturated rings. The number of para-hydroxylation sites is 1. The maximum atomic E-state index is 12.1. The lowest BCUT2D eigenvalue weighted by Gasteiger charge is -2.22. The van der Waals surface area contributed by atoms with Gasteiger partial charge in [-0.3, -0.25) is 9.59 Å². The Kier molecular flexibility index (Phi) is 4.78. The van der Waals surface area contributed by atoms with Crippen molar-refractivity contribution < 1.29 is 9.59 Å². The summed E-state index contributed by atoms with van der Waals surface area (Å²) in [6.45, 7) is 6.42. The van der Waals surface area contributed by atoms with Crippen molar-refractivity contribution in [2.75, 3.05) is 24.5 Å². The minimum absolute atomic E-state index is 0.250. The summed E-state index contributed by atoms with van der Waals surface area (Å²) in [5.41, 5.74) is 0.975. The fourth-order valence-corrected chi connectivity index (χ4v) is 2.66. The van der Waals surface area contributed by atoms with Crippen LogP contribution in [0, 0.1) is 5.92 Å². The maximum Gasteiger partial charge on any atom is 0.299 e. The number of rotatable bonds is 6. The predicted molar refractivity (Wildman–Crippen MR) is 80.5 cm³/mol. The van der Waals surface area contributed by atoms with Gasteiger partial charge < -0.3 is 10.2 Å². The van der Waals surface area contributed by atoms with E-state index < -0.39 is 11.7 Å². The van der Waals surface area contributed by atoms with Crippen LogP contribution in [0.3, 0.4) is 0 Å². The van der Waals surface area contributed by atoms with E-state index in [4.69, 9.17) is 11.6 Å². The second-order valence-corrected chi connectivity index (χ2v) is 5.60. The average molecular weight is 295 g/mol. The van der Waals surface area contributed by atoms with Crippen molar-refractivity contribution in [3.05, 3.63) is 28.8 Å². The quantitative estimate of drug-likeness (QED) is 0.648. The van der Waals surface area contributed by atoms with Crippen molar-refractivity contribution in [2.45, 2.75) is 20.3 Å². The van der Waals surface area contributed by atoms with Gasteiger partial charge in [0.1, 0.15) is 0 Å². The topological polar surface area (TPSA) is 49.4 Å². The van der Waals surface area contributed by atoms with Gasteiger partial charge in [-0.25, -0.2) is 0 Å². The monoisotopic (exact) mass is 294 g/mol. The Labute approximate surface area is 124 Å². The molecular weight excluding hydrogens is 276 g/mol. The first-order chi connectivity index (χ1) is 9.56. The lowest BCUT2D eigenvalue weighted by molar-refractivity contribution is -0.114. The fraction of sp³-hybridized carbons (Fsp3) is 0.467. The summed E-state index contributed by atoms with van der Waals surface area (Å²) in [4.78, 5) is 25.5. The molecular formula is C15H19ClN2O2. The highest BCUT2D eigenvalue weighted by Crippen LogP contribution is 2.35. The van der Waals surface area contributed by atoms with E-state index in [0.29, 0.717) is 22.8 Å². The maximum absolute atomic E-state index is 12.1. The molecule has 1 N–H and O–H groups in total. The van der Waals surface area contributed by atoms with E-state index in [-0.39, 0.29) is 5.92 Å². The molecule has 0 bridgehead atoms. The lowest BCUT2D eigenvalue weighted by Crippen LogP contribution is -2.37. The van der Waals surface area contributed by atoms with E-state index in [2.05, 4.69) is 19.2 Å². The molecule has 4 nitrogen and oxygen atoms in total. The smallest absolute Gasteiger partial charge is 0.299 e. The number of fused-ring (bicyclic) bond motifs is 1. The number of carbonyl (C=O) groups is 2. The molecule has 1 aliphatic rings. The number of hydrogen-bond donors (Lipinski definition) is 1. The Morgan fingerprint density at radius 1 is 1.35 bits per heavy atom. The lowest BCUT2D eigenvalue weighted by atomic mass is 10.1. The van der Waals surface area contributed by atoms with Crippen LogP contribution in [0.4, 0.5) is 5.69 Å². The first-order valence-electron chi connectivity index (χ1n) is 6.91. The summed E-state index contributed by atoms with van der Waals surface area (Å²) >= 11 is 6.14. The molecule has 0 aromatic heterocycles. The van der Waals surface area contributed by atoms with E-state index in [1.807, 2.05) is 0 Å². The number of anilines is 1. The summed E-state index contributed by atoms with van der Waals surface area (Å²) in [6, 6.07) is 5.06. The second-order valence-electron chi connectivity index (χ2n) is 5.19. The summed E-state index contributed by atoms with van der Waals surface area (Å²) in [5, 5.41) is 3.77. The molecule has 1 atom stereocenters. The van der Waals surface area contributed by atoms with Gasteiger partial charge in [0, 0.05) is 6.54 Å². The number of Topliss-reactive ketones (excluding diaryl/α,β-unsaturated/α-hetero) is 1. The Balaban J connectivity index is 2.13. The standard InChI is InChI=1S/C15H19ClN2O2/c1-3-7-17-8-10(2)9-18-13-11(14(19)15(18)20)5-4-6-12(13)16/h4-6,10,17H,3,7-9H2,1-2H3. The zero-order chi connectivity index (χ0) is 14.7. The molecule has 108 valence electrons. The van der Waals surface area contributed by atoms with E-state index in [1.54, 1.807) is 18.2 Å². The second kappa shape index (κ2) is 6.37. The highest BCUT2D eigenvalue weighted by molar-refractivity contribution is 6.54. The molecule has 0 radical (unpaired) electrons. The number of nitrogens with one attached hydrogen (secondary N) is 1. The van der Waals surface area contributed by atoms with Gasteiger partial charge in [-0.2, -0.15) is 0 Å². The summed E-state index contributed by atoms with van der Waals surface area (Å²) < 4.78 is 0. The van der Waals surface area contributed by atoms with Crippen LogP contribution in [0.5, 0.6) is 0 Å². The molecule has 1 aromatic carbocycles. The molecule has 2 rings (SSSR count). The van der Waals surface area contributed by atoms with E-state index in [0.717, 1.165) is 19.5 Å². The van der Waals surface area contributed by atoms with Crippen LogP contribution in [0.15, 0.2) is 18.2 Å². The SMILES string of the molecule is CCCNCC(C)CN1C(=O)C(=O)c2cccc(Cl)c21. The molecule has 1 unspecified atom stereocenters. The third kappa shape index (κ3) is 2.86. The van der Waals surface area contributed by atoms with E-state index in [1.165, 1.54) is 4.90 Å². The van der Waals surface area contributed by atoms with Crippen LogP contribution in [0.25, 0.3) is 0 Å². The van der Waals surface area contributed by atoms with E-state index >= 15 is 0 Å². The largest absolute Gasteiger partial charge is 0.316 e. The van der Waals surface area contributed by atoms with Crippen LogP contribution < -0.4 is 10.2 Å². The van der Waals surface area contributed by atoms with Crippen molar-refractivity contribution in [3.8, 4) is 0 Å². The summed E-state index contributed by atoms with van der Waals surface area (Å²) in [5.74, 6) is -0.688. The fourth-order valence-electron chi connectivity index (χ4n) is 2.39. The van der Waals surface area contributed by atoms with Crippen LogP contribution in [-0.2, 0) is 4.79 Å². The van der Waals surface area contributed by atoms with Gasteiger partial charge in [-0.15, -0.1) is 0 Å². The highest BCUT2D eigenvalue weighted by Gasteiger charge is 2.37. The van der Waals surface area contributed by atoms with Crippen LogP contribution in [-0.4, -0.2) is 31.3 Å². The Bertz CT molecular complexity index is 531. The van der Waals surface area contributed by atoms with Gasteiger partial charge in [-0.05, 0) is 37.6 Å². The number of halogens is 1. The third-order valence-corrected chi connectivity index (χ3v) is 3.66. The minimum atomic E-state index is -0.476. The van der Waals surface area contributed by atoms with Crippen molar-refractivity contribution in [3.63, 3.8) is 0 Å². The van der Waals surface area contributed by atoms with Gasteiger partial charge in [0.15, 0.2) is 0 Å². The first-order valence-corrected chi connectivity index (χ1v) is 7.29. The number of carbonyl (C=O) groups excluding carboxylic acids is 2. The van der Waals surface area contributed by atoms with Crippen molar-refractivity contribution >= 4 is 29.0 Å². The van der Waals surface area contributed by atoms with Crippen LogP contribution in [0.2, 0.25) is 5.02 Å². The van der Waals surface area contributed by atoms with Gasteiger partial charge in [0.2, 0.25) is 0 Å². The number of benzene rings is 1. The molecule has 1 aromatic rings. The predicted octanol–water partition coefficient (Wildman–Crippen LogP) is 2.50. The zero-order valence-corrected chi connectivity index (χ0v) is 12.5. The summed E-state index contributed by atoms with van der Waals surface area (Å²) in [7, 11) is 0. The van der Waals surface area contributed by atoms with Crippen molar-refractivity contribution in [1.29, 1.82) is 0 Å². The van der Waals surface area contributed by atoms with Crippen LogP contribution in [0.1, 0.15) is 30.6 Å². The number of hydrogen-bond acceptors (Lipinski definition) is 3. The zero-order valence-electron chi connectivity index (χ0n) is 11.8. The minimum Gasteiger partial charge on any atom is -0.316 e. The number of nitrogens with zero attached hydrogens (tertiary/aromatic N) is 1. The molecule has 5 heteroatoms. The Morgan fingerprint density at radius 3 is 2.80 bits per heavy atom. The molecule has 0 spiro atoms. The van der Waals surface area contributed by atoms with Gasteiger partial charge in [0.25, 0.3) is 11.7 Å². The molecule has 0 aliphatic carbocycles. The van der Waals surface area contributed by atoms with Crippen molar-refractivity contribution in [1.82, 2.24) is 5.32 Å². The van der Waals surface area contributed by atoms with Gasteiger partial charge >= 0.3 is 0 Å². The van der Waals surface area contributed by atoms with Gasteiger partial charge in [0.05, 0.1) is 16.3 Å². The van der Waals surface area contributed by atoms with Gasteiger partial charge in [-0.1, -0.05) is 31.5 Å². The van der Waals surface area contributed by atoms with Crippen LogP contribution >= 0.6 is 11.6 Å². The van der Waals surface area contributed by atoms with E-state index in [9.17, 15) is 9.59 Å². The number of ketones is 1. The Hall–Kier alpha value is -1.39. The molecule has 0 saturated carbocycles. The number of amides is 1. The highest BCUT2D eigenvalue weighted by atomic mass is 35.5. The normalized spacial score (nSPS) is 15.7. The van der Waals surface area contributed by atoms with Crippen molar-refractivity contribution in [2.24, 2.45) is 5.92 Å². The first kappa shape index (κ1) is 15.0. The molecule has 1 aliphatic heterocycles. The third-order valence-electron chi connectivity index (χ3n) is 3.35. The molecule has 20 heavy (non-hydrogen) atoms. The average Bonchev–Trinajstić information content (AvgIpc) is 2.66.